The van der Waals surface area contributed by atoms with Gasteiger partial charge in [-0.2, -0.15) is 0 Å². The van der Waals surface area contributed by atoms with Crippen molar-refractivity contribution in [2.45, 2.75) is 38.4 Å². The van der Waals surface area contributed by atoms with E-state index in [1.807, 2.05) is 32.0 Å². The zero-order valence-electron chi connectivity index (χ0n) is 10.7. The smallest absolute Gasteiger partial charge is 0.238 e. The minimum atomic E-state index is -0.141. The van der Waals surface area contributed by atoms with Crippen LogP contribution in [0.4, 0.5) is 5.69 Å². The lowest BCUT2D eigenvalue weighted by atomic mass is 10.1. The Bertz CT molecular complexity index is 376. The van der Waals surface area contributed by atoms with Crippen molar-refractivity contribution in [3.63, 3.8) is 0 Å². The lowest BCUT2D eigenvalue weighted by molar-refractivity contribution is -0.116. The minimum Gasteiger partial charge on any atom is -0.325 e. The fourth-order valence-corrected chi connectivity index (χ4v) is 1.75. The summed E-state index contributed by atoms with van der Waals surface area (Å²) in [6.07, 6.45) is 2.07. The van der Waals surface area contributed by atoms with E-state index in [2.05, 4.69) is 34.2 Å². The van der Waals surface area contributed by atoms with Crippen molar-refractivity contribution in [2.24, 2.45) is 5.92 Å². The highest BCUT2D eigenvalue weighted by atomic mass is 79.9. The third-order valence-corrected chi connectivity index (χ3v) is 4.10. The molecule has 2 nitrogen and oxygen atoms in total. The molecule has 0 heterocycles. The topological polar surface area (TPSA) is 29.1 Å². The lowest BCUT2D eigenvalue weighted by Crippen LogP contribution is -2.27. The summed E-state index contributed by atoms with van der Waals surface area (Å²) in [6, 6.07) is 7.99. The van der Waals surface area contributed by atoms with Crippen LogP contribution in [0.25, 0.3) is 0 Å². The normalized spacial score (nSPS) is 12.5. The summed E-state index contributed by atoms with van der Waals surface area (Å²) in [7, 11) is 0. The highest BCUT2D eigenvalue weighted by molar-refractivity contribution is 9.10. The molecule has 0 radical (unpaired) electrons. The molecule has 0 aromatic heterocycles. The Morgan fingerprint density at radius 3 is 2.59 bits per heavy atom. The monoisotopic (exact) mass is 297 g/mol. The lowest BCUT2D eigenvalue weighted by Gasteiger charge is -2.15. The largest absolute Gasteiger partial charge is 0.325 e. The number of halogens is 1. The molecule has 3 heteroatoms. The fraction of sp³-hybridized carbons (Fsp3) is 0.500. The van der Waals surface area contributed by atoms with Crippen LogP contribution in [0.1, 0.15) is 32.8 Å². The summed E-state index contributed by atoms with van der Waals surface area (Å²) in [6.45, 7) is 6.19. The molecule has 1 unspecified atom stereocenters. The summed E-state index contributed by atoms with van der Waals surface area (Å²) in [5.74, 6) is 0.317. The SMILES string of the molecule is CCCc1ccccc1NC(=O)C(Br)C(C)C. The number of amides is 1. The number of nitrogens with one attached hydrogen (secondary N) is 1. The Morgan fingerprint density at radius 1 is 1.35 bits per heavy atom. The third-order valence-electron chi connectivity index (χ3n) is 2.63. The van der Waals surface area contributed by atoms with E-state index in [0.717, 1.165) is 18.5 Å². The first-order valence-corrected chi connectivity index (χ1v) is 7.00. The van der Waals surface area contributed by atoms with E-state index in [0.29, 0.717) is 0 Å². The predicted octanol–water partition coefficient (Wildman–Crippen LogP) is 4.00. The van der Waals surface area contributed by atoms with Crippen LogP contribution in [0.2, 0.25) is 0 Å². The molecule has 17 heavy (non-hydrogen) atoms. The maximum Gasteiger partial charge on any atom is 0.238 e. The molecule has 1 aromatic carbocycles. The second kappa shape index (κ2) is 6.80. The molecule has 0 bridgehead atoms. The maximum atomic E-state index is 12.0. The summed E-state index contributed by atoms with van der Waals surface area (Å²) in [4.78, 5) is 11.8. The van der Waals surface area contributed by atoms with Crippen molar-refractivity contribution < 1.29 is 4.79 Å². The molecule has 94 valence electrons. The fourth-order valence-electron chi connectivity index (χ4n) is 1.63. The number of benzene rings is 1. The first kappa shape index (κ1) is 14.2. The molecular formula is C14H20BrNO. The molecule has 0 fully saturated rings. The standard InChI is InChI=1S/C14H20BrNO/c1-4-7-11-8-5-6-9-12(11)16-14(17)13(15)10(2)3/h5-6,8-10,13H,4,7H2,1-3H3,(H,16,17). The molecule has 1 aromatic rings. The van der Waals surface area contributed by atoms with E-state index in [-0.39, 0.29) is 16.7 Å². The van der Waals surface area contributed by atoms with Gasteiger partial charge in [0.25, 0.3) is 0 Å². The second-order valence-corrected chi connectivity index (χ2v) is 5.53. The Kier molecular flexibility index (Phi) is 5.69. The van der Waals surface area contributed by atoms with Gasteiger partial charge in [-0.25, -0.2) is 0 Å². The van der Waals surface area contributed by atoms with E-state index in [1.165, 1.54) is 5.56 Å². The molecule has 0 aliphatic carbocycles. The number of para-hydroxylation sites is 1. The average molecular weight is 298 g/mol. The van der Waals surface area contributed by atoms with Gasteiger partial charge in [0.2, 0.25) is 5.91 Å². The summed E-state index contributed by atoms with van der Waals surface area (Å²) in [5.41, 5.74) is 2.14. The van der Waals surface area contributed by atoms with Gasteiger partial charge in [-0.15, -0.1) is 0 Å². The molecule has 1 amide bonds. The van der Waals surface area contributed by atoms with Crippen molar-refractivity contribution >= 4 is 27.5 Å². The molecule has 0 saturated carbocycles. The van der Waals surface area contributed by atoms with E-state index >= 15 is 0 Å². The number of anilines is 1. The van der Waals surface area contributed by atoms with Gasteiger partial charge in [-0.05, 0) is 24.0 Å². The molecule has 0 saturated heterocycles. The molecule has 0 aliphatic heterocycles. The molecule has 0 aliphatic rings. The Morgan fingerprint density at radius 2 is 2.00 bits per heavy atom. The number of alkyl halides is 1. The van der Waals surface area contributed by atoms with Gasteiger partial charge >= 0.3 is 0 Å². The summed E-state index contributed by atoms with van der Waals surface area (Å²) < 4.78 is 0. The van der Waals surface area contributed by atoms with Crippen LogP contribution in [-0.4, -0.2) is 10.7 Å². The minimum absolute atomic E-state index is 0.0311. The number of carbonyl (C=O) groups is 1. The van der Waals surface area contributed by atoms with Crippen molar-refractivity contribution in [3.05, 3.63) is 29.8 Å². The van der Waals surface area contributed by atoms with E-state index in [1.54, 1.807) is 0 Å². The average Bonchev–Trinajstić information content (AvgIpc) is 2.30. The van der Waals surface area contributed by atoms with Crippen LogP contribution in [0.3, 0.4) is 0 Å². The summed E-state index contributed by atoms with van der Waals surface area (Å²) in [5, 5.41) is 2.99. The molecular weight excluding hydrogens is 278 g/mol. The molecule has 1 rings (SSSR count). The Labute approximate surface area is 112 Å². The van der Waals surface area contributed by atoms with E-state index in [9.17, 15) is 4.79 Å². The van der Waals surface area contributed by atoms with E-state index in [4.69, 9.17) is 0 Å². The van der Waals surface area contributed by atoms with Gasteiger partial charge in [0, 0.05) is 5.69 Å². The van der Waals surface area contributed by atoms with E-state index < -0.39 is 0 Å². The van der Waals surface area contributed by atoms with Gasteiger partial charge in [0.05, 0.1) is 4.83 Å². The van der Waals surface area contributed by atoms with Crippen molar-refractivity contribution in [2.75, 3.05) is 5.32 Å². The van der Waals surface area contributed by atoms with Crippen LogP contribution in [-0.2, 0) is 11.2 Å². The maximum absolute atomic E-state index is 12.0. The summed E-state index contributed by atoms with van der Waals surface area (Å²) >= 11 is 3.42. The van der Waals surface area contributed by atoms with Crippen LogP contribution in [0, 0.1) is 5.92 Å². The number of aryl methyl sites for hydroxylation is 1. The van der Waals surface area contributed by atoms with Crippen molar-refractivity contribution in [1.29, 1.82) is 0 Å². The Balaban J connectivity index is 2.77. The third kappa shape index (κ3) is 4.15. The van der Waals surface area contributed by atoms with Crippen LogP contribution in [0.15, 0.2) is 24.3 Å². The number of hydrogen-bond acceptors (Lipinski definition) is 1. The van der Waals surface area contributed by atoms with Crippen LogP contribution in [0.5, 0.6) is 0 Å². The number of hydrogen-bond donors (Lipinski definition) is 1. The van der Waals surface area contributed by atoms with Crippen LogP contribution < -0.4 is 5.32 Å². The second-order valence-electron chi connectivity index (χ2n) is 4.54. The number of rotatable bonds is 5. The first-order chi connectivity index (χ1) is 8.06. The predicted molar refractivity (Wildman–Crippen MR) is 76.6 cm³/mol. The van der Waals surface area contributed by atoms with Crippen molar-refractivity contribution in [3.8, 4) is 0 Å². The quantitative estimate of drug-likeness (QED) is 0.818. The molecule has 1 N–H and O–H groups in total. The molecule has 0 spiro atoms. The first-order valence-electron chi connectivity index (χ1n) is 6.09. The highest BCUT2D eigenvalue weighted by Gasteiger charge is 2.19. The number of carbonyl (C=O) groups excluding carboxylic acids is 1. The van der Waals surface area contributed by atoms with Gasteiger partial charge < -0.3 is 5.32 Å². The van der Waals surface area contributed by atoms with Gasteiger partial charge in [-0.1, -0.05) is 61.3 Å². The molecule has 1 atom stereocenters. The zero-order valence-corrected chi connectivity index (χ0v) is 12.3. The highest BCUT2D eigenvalue weighted by Crippen LogP contribution is 2.20. The Hall–Kier alpha value is -0.830. The van der Waals surface area contributed by atoms with Crippen molar-refractivity contribution in [1.82, 2.24) is 0 Å². The van der Waals surface area contributed by atoms with Gasteiger partial charge in [0.1, 0.15) is 0 Å². The van der Waals surface area contributed by atoms with Gasteiger partial charge in [-0.3, -0.25) is 4.79 Å². The van der Waals surface area contributed by atoms with Crippen LogP contribution >= 0.6 is 15.9 Å². The zero-order chi connectivity index (χ0) is 12.8. The van der Waals surface area contributed by atoms with Gasteiger partial charge in [0.15, 0.2) is 0 Å².